The van der Waals surface area contributed by atoms with E-state index in [4.69, 9.17) is 32.7 Å². The monoisotopic (exact) mass is 512 g/mol. The van der Waals surface area contributed by atoms with Gasteiger partial charge in [0.05, 0.1) is 23.9 Å². The number of hydrogen-bond donors (Lipinski definition) is 1. The highest BCUT2D eigenvalue weighted by atomic mass is 35.5. The van der Waals surface area contributed by atoms with Gasteiger partial charge in [0, 0.05) is 5.02 Å². The minimum Gasteiger partial charge on any atom is -0.464 e. The molecule has 1 aliphatic rings. The van der Waals surface area contributed by atoms with Crippen LogP contribution in [0, 0.1) is 0 Å². The molecule has 1 aliphatic heterocycles. The first-order valence-corrected chi connectivity index (χ1v) is 13.2. The number of hydrazine groups is 1. The maximum atomic E-state index is 13.1. The Balaban J connectivity index is 1.91. The predicted molar refractivity (Wildman–Crippen MR) is 138 cm³/mol. The molecule has 1 heterocycles. The van der Waals surface area contributed by atoms with Crippen LogP contribution in [0.2, 0.25) is 10.0 Å². The molecule has 0 bridgehead atoms. The van der Waals surface area contributed by atoms with E-state index in [-0.39, 0.29) is 12.3 Å². The van der Waals surface area contributed by atoms with Gasteiger partial charge in [-0.05, 0) is 44.5 Å². The van der Waals surface area contributed by atoms with Gasteiger partial charge < -0.3 is 9.47 Å². The first-order valence-electron chi connectivity index (χ1n) is 12.4. The van der Waals surface area contributed by atoms with Crippen molar-refractivity contribution < 1.29 is 19.1 Å². The lowest BCUT2D eigenvalue weighted by molar-refractivity contribution is -0.147. The number of unbranched alkanes of at least 4 members (excludes halogenated alkanes) is 9. The van der Waals surface area contributed by atoms with Crippen molar-refractivity contribution in [2.75, 3.05) is 18.2 Å². The fraction of sp³-hybridized carbons (Fsp3) is 0.615. The molecule has 0 amide bonds. The minimum absolute atomic E-state index is 0.159. The van der Waals surface area contributed by atoms with E-state index in [1.165, 1.54) is 56.0 Å². The quantitative estimate of drug-likeness (QED) is 0.201. The van der Waals surface area contributed by atoms with E-state index in [0.717, 1.165) is 19.3 Å². The molecule has 1 unspecified atom stereocenters. The van der Waals surface area contributed by atoms with Crippen molar-refractivity contribution in [3.8, 4) is 0 Å². The van der Waals surface area contributed by atoms with Gasteiger partial charge in [-0.1, -0.05) is 87.9 Å². The molecule has 1 atom stereocenters. The molecule has 0 radical (unpaired) electrons. The largest absolute Gasteiger partial charge is 0.464 e. The molecule has 1 N–H and O–H groups in total. The SMILES string of the molecule is CCCCCCCCCCCCOC(=O)C1(C)C=C(C(=O)OCC)NN1c1ccc(Cl)cc1Cl. The molecular formula is C26H38Cl2N2O4. The van der Waals surface area contributed by atoms with Crippen molar-refractivity contribution in [1.29, 1.82) is 0 Å². The summed E-state index contributed by atoms with van der Waals surface area (Å²) >= 11 is 12.4. The predicted octanol–water partition coefficient (Wildman–Crippen LogP) is 6.99. The molecule has 8 heteroatoms. The Labute approximate surface area is 213 Å². The second-order valence-corrected chi connectivity index (χ2v) is 9.63. The summed E-state index contributed by atoms with van der Waals surface area (Å²) in [6.07, 6.45) is 13.6. The third-order valence-electron chi connectivity index (χ3n) is 5.91. The Morgan fingerprint density at radius 3 is 2.15 bits per heavy atom. The number of ether oxygens (including phenoxy) is 2. The van der Waals surface area contributed by atoms with E-state index in [1.54, 1.807) is 32.0 Å². The Bertz CT molecular complexity index is 846. The Morgan fingerprint density at radius 1 is 0.941 bits per heavy atom. The van der Waals surface area contributed by atoms with E-state index in [0.29, 0.717) is 22.3 Å². The number of rotatable bonds is 15. The standard InChI is InChI=1S/C26H38Cl2N2O4/c1-4-6-7-8-9-10-11-12-13-14-17-34-25(32)26(3)19-22(24(31)33-5-2)29-30(26)23-16-15-20(27)18-21(23)28/h15-16,18-19,29H,4-14,17H2,1-3H3. The van der Waals surface area contributed by atoms with Gasteiger partial charge in [-0.3, -0.25) is 10.4 Å². The van der Waals surface area contributed by atoms with Crippen LogP contribution >= 0.6 is 23.2 Å². The lowest BCUT2D eigenvalue weighted by Gasteiger charge is -2.34. The highest BCUT2D eigenvalue weighted by Gasteiger charge is 2.47. The number of esters is 2. The molecule has 2 rings (SSSR count). The molecular weight excluding hydrogens is 475 g/mol. The second-order valence-electron chi connectivity index (χ2n) is 8.79. The van der Waals surface area contributed by atoms with Gasteiger partial charge in [0.15, 0.2) is 5.54 Å². The maximum Gasteiger partial charge on any atom is 0.355 e. The zero-order valence-corrected chi connectivity index (χ0v) is 22.1. The van der Waals surface area contributed by atoms with Crippen LogP contribution in [0.3, 0.4) is 0 Å². The Kier molecular flexibility index (Phi) is 12.1. The van der Waals surface area contributed by atoms with Crippen LogP contribution in [0.4, 0.5) is 5.69 Å². The molecule has 34 heavy (non-hydrogen) atoms. The van der Waals surface area contributed by atoms with Gasteiger partial charge in [-0.2, -0.15) is 0 Å². The first kappa shape index (κ1) is 28.3. The molecule has 190 valence electrons. The fourth-order valence-electron chi connectivity index (χ4n) is 3.95. The summed E-state index contributed by atoms with van der Waals surface area (Å²) in [6, 6.07) is 4.94. The molecule has 0 saturated carbocycles. The number of benzene rings is 1. The molecule has 0 saturated heterocycles. The summed E-state index contributed by atoms with van der Waals surface area (Å²) in [4.78, 5) is 25.5. The second kappa shape index (κ2) is 14.5. The topological polar surface area (TPSA) is 67.9 Å². The van der Waals surface area contributed by atoms with Crippen molar-refractivity contribution in [2.24, 2.45) is 0 Å². The molecule has 1 aromatic rings. The van der Waals surface area contributed by atoms with Gasteiger partial charge in [-0.15, -0.1) is 0 Å². The highest BCUT2D eigenvalue weighted by molar-refractivity contribution is 6.36. The van der Waals surface area contributed by atoms with Crippen LogP contribution in [0.25, 0.3) is 0 Å². The van der Waals surface area contributed by atoms with E-state index in [1.807, 2.05) is 0 Å². The van der Waals surface area contributed by atoms with Gasteiger partial charge in [0.2, 0.25) is 0 Å². The van der Waals surface area contributed by atoms with Gasteiger partial charge >= 0.3 is 11.9 Å². The average Bonchev–Trinajstić information content (AvgIpc) is 3.16. The number of anilines is 1. The van der Waals surface area contributed by atoms with Crippen LogP contribution in [-0.4, -0.2) is 30.7 Å². The van der Waals surface area contributed by atoms with Crippen molar-refractivity contribution >= 4 is 40.8 Å². The van der Waals surface area contributed by atoms with E-state index in [2.05, 4.69) is 12.3 Å². The maximum absolute atomic E-state index is 13.1. The van der Waals surface area contributed by atoms with Gasteiger partial charge in [0.25, 0.3) is 0 Å². The molecule has 0 aromatic heterocycles. The van der Waals surface area contributed by atoms with Crippen LogP contribution in [0.1, 0.15) is 85.0 Å². The van der Waals surface area contributed by atoms with Crippen molar-refractivity contribution in [1.82, 2.24) is 5.43 Å². The highest BCUT2D eigenvalue weighted by Crippen LogP contribution is 2.36. The zero-order valence-electron chi connectivity index (χ0n) is 20.6. The Hall–Kier alpha value is -1.92. The summed E-state index contributed by atoms with van der Waals surface area (Å²) in [5.41, 5.74) is 2.34. The van der Waals surface area contributed by atoms with Crippen LogP contribution in [0.5, 0.6) is 0 Å². The zero-order chi connectivity index (χ0) is 25.0. The first-order chi connectivity index (χ1) is 16.3. The van der Waals surface area contributed by atoms with Gasteiger partial charge in [-0.25, -0.2) is 9.59 Å². The number of hydrogen-bond acceptors (Lipinski definition) is 6. The molecule has 1 aromatic carbocycles. The number of halogens is 2. The van der Waals surface area contributed by atoms with E-state index in [9.17, 15) is 9.59 Å². The molecule has 0 spiro atoms. The lowest BCUT2D eigenvalue weighted by Crippen LogP contribution is -2.54. The van der Waals surface area contributed by atoms with Crippen LogP contribution in [-0.2, 0) is 19.1 Å². The van der Waals surface area contributed by atoms with Crippen LogP contribution < -0.4 is 10.4 Å². The van der Waals surface area contributed by atoms with Crippen molar-refractivity contribution in [3.63, 3.8) is 0 Å². The number of nitrogens with zero attached hydrogens (tertiary/aromatic N) is 1. The summed E-state index contributed by atoms with van der Waals surface area (Å²) in [5, 5.41) is 2.34. The number of carbonyl (C=O) groups is 2. The van der Waals surface area contributed by atoms with Crippen molar-refractivity contribution in [2.45, 2.75) is 90.5 Å². The smallest absolute Gasteiger partial charge is 0.355 e. The normalized spacial score (nSPS) is 17.3. The number of nitrogens with one attached hydrogen (secondary N) is 1. The molecule has 0 fully saturated rings. The number of carbonyl (C=O) groups excluding carboxylic acids is 2. The average molecular weight is 514 g/mol. The van der Waals surface area contributed by atoms with E-state index >= 15 is 0 Å². The molecule has 0 aliphatic carbocycles. The minimum atomic E-state index is -1.28. The third-order valence-corrected chi connectivity index (χ3v) is 6.45. The molecule has 6 nitrogen and oxygen atoms in total. The summed E-state index contributed by atoms with van der Waals surface area (Å²) in [5.74, 6) is -1.02. The van der Waals surface area contributed by atoms with Crippen molar-refractivity contribution in [3.05, 3.63) is 40.0 Å². The van der Waals surface area contributed by atoms with E-state index < -0.39 is 17.5 Å². The fourth-order valence-corrected chi connectivity index (χ4v) is 4.44. The summed E-state index contributed by atoms with van der Waals surface area (Å²) in [6.45, 7) is 6.19. The van der Waals surface area contributed by atoms with Crippen LogP contribution in [0.15, 0.2) is 30.0 Å². The third kappa shape index (κ3) is 8.09. The Morgan fingerprint density at radius 2 is 1.56 bits per heavy atom. The summed E-state index contributed by atoms with van der Waals surface area (Å²) < 4.78 is 10.7. The van der Waals surface area contributed by atoms with Gasteiger partial charge in [0.1, 0.15) is 5.70 Å². The summed E-state index contributed by atoms with van der Waals surface area (Å²) in [7, 11) is 0. The lowest BCUT2D eigenvalue weighted by atomic mass is 10.0.